The van der Waals surface area contributed by atoms with Crippen LogP contribution in [0.3, 0.4) is 0 Å². The van der Waals surface area contributed by atoms with Crippen molar-refractivity contribution in [3.63, 3.8) is 0 Å². The molecule has 0 spiro atoms. The number of ether oxygens (including phenoxy) is 2. The third kappa shape index (κ3) is 6.68. The zero-order valence-corrected chi connectivity index (χ0v) is 8.28. The van der Waals surface area contributed by atoms with E-state index in [1.807, 2.05) is 0 Å². The maximum Gasteiger partial charge on any atom is 0.202 e. The van der Waals surface area contributed by atoms with E-state index in [1.165, 1.54) is 0 Å². The summed E-state index contributed by atoms with van der Waals surface area (Å²) in [6.07, 6.45) is 2.31. The van der Waals surface area contributed by atoms with Gasteiger partial charge in [-0.2, -0.15) is 0 Å². The standard InChI is InChI=1S/C10H12N2O2/c1-5-9(3)13-7-11-12-8-14-10(4)6-2/h7-8H,1-2H2,3-4H3/b11-7+,12-8+. The number of rotatable bonds is 5. The van der Waals surface area contributed by atoms with E-state index in [-0.39, 0.29) is 0 Å². The van der Waals surface area contributed by atoms with Crippen LogP contribution >= 0.6 is 0 Å². The Morgan fingerprint density at radius 2 is 1.36 bits per heavy atom. The second kappa shape index (κ2) is 7.62. The molecule has 0 aliphatic rings. The Balaban J connectivity index is 3.83. The molecule has 0 aliphatic carbocycles. The fourth-order valence-corrected chi connectivity index (χ4v) is 0.343. The normalized spacial score (nSPS) is 9.57. The van der Waals surface area contributed by atoms with E-state index in [9.17, 15) is 0 Å². The van der Waals surface area contributed by atoms with Crippen molar-refractivity contribution in [1.29, 1.82) is 0 Å². The number of hydrogen-bond acceptors (Lipinski definition) is 4. The fourth-order valence-electron chi connectivity index (χ4n) is 0.343. The SMILES string of the molecule is C=C=C(C)O/C=N/N=C/OC(C)=C=C. The van der Waals surface area contributed by atoms with Crippen molar-refractivity contribution < 1.29 is 9.47 Å². The van der Waals surface area contributed by atoms with Gasteiger partial charge in [-0.25, -0.2) is 0 Å². The summed E-state index contributed by atoms with van der Waals surface area (Å²) >= 11 is 0. The molecule has 0 aromatic carbocycles. The van der Waals surface area contributed by atoms with E-state index in [4.69, 9.17) is 9.47 Å². The van der Waals surface area contributed by atoms with Crippen molar-refractivity contribution in [2.45, 2.75) is 13.8 Å². The monoisotopic (exact) mass is 192 g/mol. The largest absolute Gasteiger partial charge is 0.440 e. The van der Waals surface area contributed by atoms with Crippen LogP contribution in [0.4, 0.5) is 0 Å². The molecule has 0 amide bonds. The van der Waals surface area contributed by atoms with Gasteiger partial charge in [0.1, 0.15) is 11.5 Å². The molecule has 0 heterocycles. The van der Waals surface area contributed by atoms with Crippen molar-refractivity contribution in [3.8, 4) is 0 Å². The van der Waals surface area contributed by atoms with Crippen LogP contribution in [-0.2, 0) is 9.47 Å². The molecule has 0 bridgehead atoms. The van der Waals surface area contributed by atoms with Crippen LogP contribution in [-0.4, -0.2) is 12.8 Å². The molecule has 4 heteroatoms. The van der Waals surface area contributed by atoms with Gasteiger partial charge in [-0.1, -0.05) is 24.6 Å². The van der Waals surface area contributed by atoms with E-state index in [0.717, 1.165) is 12.8 Å². The predicted octanol–water partition coefficient (Wildman–Crippen LogP) is 2.37. The first-order valence-electron chi connectivity index (χ1n) is 3.80. The maximum atomic E-state index is 4.87. The molecule has 0 aromatic heterocycles. The van der Waals surface area contributed by atoms with Crippen molar-refractivity contribution in [3.05, 3.63) is 36.1 Å². The van der Waals surface area contributed by atoms with Gasteiger partial charge in [0.25, 0.3) is 0 Å². The van der Waals surface area contributed by atoms with Crippen LogP contribution in [0.25, 0.3) is 0 Å². The number of allylic oxidation sites excluding steroid dienone is 2. The lowest BCUT2D eigenvalue weighted by Crippen LogP contribution is -1.84. The highest BCUT2D eigenvalue weighted by molar-refractivity contribution is 5.52. The minimum atomic E-state index is 0.520. The maximum absolute atomic E-state index is 4.87. The Morgan fingerprint density at radius 1 is 1.00 bits per heavy atom. The Labute approximate surface area is 83.3 Å². The third-order valence-corrected chi connectivity index (χ3v) is 1.12. The lowest BCUT2D eigenvalue weighted by Gasteiger charge is -1.92. The second-order valence-corrected chi connectivity index (χ2v) is 2.14. The highest BCUT2D eigenvalue weighted by Crippen LogP contribution is 1.89. The molecule has 74 valence electrons. The molecule has 0 atom stereocenters. The molecule has 0 saturated carbocycles. The summed E-state index contributed by atoms with van der Waals surface area (Å²) in [5.74, 6) is 1.04. The van der Waals surface area contributed by atoms with Gasteiger partial charge in [0, 0.05) is 13.8 Å². The van der Waals surface area contributed by atoms with Gasteiger partial charge in [0.15, 0.2) is 0 Å². The molecular formula is C10H12N2O2. The van der Waals surface area contributed by atoms with E-state index in [0.29, 0.717) is 11.5 Å². The van der Waals surface area contributed by atoms with Gasteiger partial charge in [0.05, 0.1) is 0 Å². The van der Waals surface area contributed by atoms with E-state index >= 15 is 0 Å². The summed E-state index contributed by atoms with van der Waals surface area (Å²) in [7, 11) is 0. The van der Waals surface area contributed by atoms with Crippen LogP contribution in [0, 0.1) is 0 Å². The molecular weight excluding hydrogens is 180 g/mol. The van der Waals surface area contributed by atoms with Crippen molar-refractivity contribution in [1.82, 2.24) is 0 Å². The zero-order valence-electron chi connectivity index (χ0n) is 8.28. The average molecular weight is 192 g/mol. The van der Waals surface area contributed by atoms with Crippen molar-refractivity contribution in [2.24, 2.45) is 10.2 Å². The molecule has 0 N–H and O–H groups in total. The van der Waals surface area contributed by atoms with E-state index in [1.54, 1.807) is 13.8 Å². The highest BCUT2D eigenvalue weighted by atomic mass is 16.5. The summed E-state index contributed by atoms with van der Waals surface area (Å²) in [6.45, 7) is 10.2. The zero-order chi connectivity index (χ0) is 10.8. The topological polar surface area (TPSA) is 43.2 Å². The fraction of sp³-hybridized carbons (Fsp3) is 0.200. The molecule has 0 saturated heterocycles. The molecule has 0 rings (SSSR count). The summed E-state index contributed by atoms with van der Waals surface area (Å²) in [4.78, 5) is 0. The quantitative estimate of drug-likeness (QED) is 0.221. The van der Waals surface area contributed by atoms with Gasteiger partial charge < -0.3 is 9.47 Å². The summed E-state index contributed by atoms with van der Waals surface area (Å²) in [6, 6.07) is 0. The lowest BCUT2D eigenvalue weighted by atomic mass is 10.6. The Hall–Kier alpha value is -2.02. The van der Waals surface area contributed by atoms with E-state index < -0.39 is 0 Å². The van der Waals surface area contributed by atoms with Gasteiger partial charge >= 0.3 is 0 Å². The molecule has 0 aromatic rings. The highest BCUT2D eigenvalue weighted by Gasteiger charge is 1.80. The Bertz CT molecular complexity index is 296. The number of hydrogen-bond donors (Lipinski definition) is 0. The minimum Gasteiger partial charge on any atom is -0.440 e. The van der Waals surface area contributed by atoms with Crippen LogP contribution in [0.15, 0.2) is 46.3 Å². The van der Waals surface area contributed by atoms with Gasteiger partial charge in [-0.3, -0.25) is 0 Å². The molecule has 0 fully saturated rings. The lowest BCUT2D eigenvalue weighted by molar-refractivity contribution is 0.429. The van der Waals surface area contributed by atoms with E-state index in [2.05, 4.69) is 34.8 Å². The van der Waals surface area contributed by atoms with Gasteiger partial charge in [0.2, 0.25) is 12.8 Å². The average Bonchev–Trinajstić information content (AvgIpc) is 2.22. The Kier molecular flexibility index (Phi) is 6.52. The molecule has 0 aliphatic heterocycles. The molecule has 14 heavy (non-hydrogen) atoms. The smallest absolute Gasteiger partial charge is 0.202 e. The summed E-state index contributed by atoms with van der Waals surface area (Å²) in [5, 5.41) is 7.03. The first kappa shape index (κ1) is 12.0. The van der Waals surface area contributed by atoms with Crippen LogP contribution in [0.1, 0.15) is 13.8 Å². The summed E-state index contributed by atoms with van der Waals surface area (Å²) in [5.41, 5.74) is 5.06. The molecule has 4 nitrogen and oxygen atoms in total. The van der Waals surface area contributed by atoms with Gasteiger partial charge in [-0.15, -0.1) is 10.2 Å². The summed E-state index contributed by atoms with van der Waals surface area (Å²) < 4.78 is 9.74. The van der Waals surface area contributed by atoms with Crippen LogP contribution < -0.4 is 0 Å². The van der Waals surface area contributed by atoms with Gasteiger partial charge in [-0.05, 0) is 0 Å². The first-order valence-corrected chi connectivity index (χ1v) is 3.80. The first-order chi connectivity index (χ1) is 6.70. The third-order valence-electron chi connectivity index (χ3n) is 1.12. The second-order valence-electron chi connectivity index (χ2n) is 2.14. The van der Waals surface area contributed by atoms with Crippen molar-refractivity contribution in [2.75, 3.05) is 0 Å². The Morgan fingerprint density at radius 3 is 1.64 bits per heavy atom. The molecule has 0 radical (unpaired) electrons. The van der Waals surface area contributed by atoms with Crippen molar-refractivity contribution >= 4 is 12.8 Å². The van der Waals surface area contributed by atoms with Crippen LogP contribution in [0.5, 0.6) is 0 Å². The predicted molar refractivity (Wildman–Crippen MR) is 55.8 cm³/mol. The minimum absolute atomic E-state index is 0.520. The van der Waals surface area contributed by atoms with Crippen LogP contribution in [0.2, 0.25) is 0 Å². The number of nitrogens with zero attached hydrogens (tertiary/aromatic N) is 2. The molecule has 0 unspecified atom stereocenters.